The number of nitrogen functional groups attached to an aromatic ring is 2. The van der Waals surface area contributed by atoms with Crippen LogP contribution in [0.25, 0.3) is 23.3 Å². The molecule has 6 nitrogen and oxygen atoms in total. The number of hydrogen-bond acceptors (Lipinski definition) is 6. The molecule has 3 aromatic rings. The van der Waals surface area contributed by atoms with Crippen molar-refractivity contribution in [2.75, 3.05) is 11.5 Å². The first kappa shape index (κ1) is 20.1. The molecule has 0 fully saturated rings. The largest absolute Gasteiger partial charge is 0.383 e. The molecule has 0 amide bonds. The lowest BCUT2D eigenvalue weighted by Crippen LogP contribution is -2.04. The molecular formula is C18H13Cl2FN4O2S. The van der Waals surface area contributed by atoms with E-state index in [0.717, 1.165) is 12.1 Å². The lowest BCUT2D eigenvalue weighted by atomic mass is 10.0. The standard InChI is InChI=1S/C18H13Cl2FN4O2S/c19-13-7-4-11(9-14(13)20)16-15(24-18(23)25-17(16)22)8-3-10-1-5-12(6-2-10)28(21,26)27/h1-9H,(H4,22,23,24,25). The van der Waals surface area contributed by atoms with Gasteiger partial charge in [-0.05, 0) is 41.5 Å². The third-order valence-electron chi connectivity index (χ3n) is 3.79. The van der Waals surface area contributed by atoms with E-state index in [1.54, 1.807) is 30.4 Å². The van der Waals surface area contributed by atoms with Crippen LogP contribution in [0.2, 0.25) is 10.0 Å². The Balaban J connectivity index is 2.04. The van der Waals surface area contributed by atoms with Crippen molar-refractivity contribution in [2.24, 2.45) is 0 Å². The maximum atomic E-state index is 13.0. The topological polar surface area (TPSA) is 112 Å². The fraction of sp³-hybridized carbons (Fsp3) is 0. The molecule has 1 heterocycles. The molecular weight excluding hydrogens is 426 g/mol. The minimum atomic E-state index is -4.75. The molecule has 4 N–H and O–H groups in total. The highest BCUT2D eigenvalue weighted by Gasteiger charge is 2.14. The molecule has 0 saturated carbocycles. The van der Waals surface area contributed by atoms with Gasteiger partial charge in [-0.15, -0.1) is 3.89 Å². The van der Waals surface area contributed by atoms with E-state index in [0.29, 0.717) is 32.4 Å². The second-order valence-electron chi connectivity index (χ2n) is 5.70. The molecule has 1 aromatic heterocycles. The van der Waals surface area contributed by atoms with Gasteiger partial charge >= 0.3 is 10.2 Å². The smallest absolute Gasteiger partial charge is 0.332 e. The average Bonchev–Trinajstić information content (AvgIpc) is 2.62. The van der Waals surface area contributed by atoms with Gasteiger partial charge in [0.2, 0.25) is 5.95 Å². The van der Waals surface area contributed by atoms with Crippen LogP contribution in [0.4, 0.5) is 15.7 Å². The summed E-state index contributed by atoms with van der Waals surface area (Å²) in [5.41, 5.74) is 13.9. The summed E-state index contributed by atoms with van der Waals surface area (Å²) in [7, 11) is -4.75. The van der Waals surface area contributed by atoms with Crippen LogP contribution in [0, 0.1) is 0 Å². The van der Waals surface area contributed by atoms with Crippen molar-refractivity contribution in [3.8, 4) is 11.1 Å². The van der Waals surface area contributed by atoms with E-state index in [1.807, 2.05) is 0 Å². The minimum Gasteiger partial charge on any atom is -0.383 e. The summed E-state index contributed by atoms with van der Waals surface area (Å²) in [5, 5.41) is 0.730. The van der Waals surface area contributed by atoms with Crippen LogP contribution < -0.4 is 11.5 Å². The Bertz CT molecular complexity index is 1180. The lowest BCUT2D eigenvalue weighted by molar-refractivity contribution is 0.552. The Morgan fingerprint density at radius 2 is 1.61 bits per heavy atom. The SMILES string of the molecule is Nc1nc(N)c(-c2ccc(Cl)c(Cl)c2)c(C=Cc2ccc(S(=O)(=O)F)cc2)n1. The zero-order valence-electron chi connectivity index (χ0n) is 14.1. The second-order valence-corrected chi connectivity index (χ2v) is 7.86. The molecule has 0 saturated heterocycles. The van der Waals surface area contributed by atoms with Crippen LogP contribution in [0.15, 0.2) is 47.4 Å². The maximum Gasteiger partial charge on any atom is 0.332 e. The fourth-order valence-electron chi connectivity index (χ4n) is 2.50. The van der Waals surface area contributed by atoms with E-state index < -0.39 is 15.1 Å². The zero-order chi connectivity index (χ0) is 20.5. The Labute approximate surface area is 170 Å². The van der Waals surface area contributed by atoms with Crippen LogP contribution >= 0.6 is 23.2 Å². The number of anilines is 2. The third kappa shape index (κ3) is 4.41. The Hall–Kier alpha value is -2.68. The van der Waals surface area contributed by atoms with E-state index >= 15 is 0 Å². The normalized spacial score (nSPS) is 11.8. The number of benzene rings is 2. The average molecular weight is 439 g/mol. The minimum absolute atomic E-state index is 0.0140. The van der Waals surface area contributed by atoms with Crippen molar-refractivity contribution in [3.63, 3.8) is 0 Å². The zero-order valence-corrected chi connectivity index (χ0v) is 16.4. The van der Waals surface area contributed by atoms with E-state index in [-0.39, 0.29) is 11.8 Å². The van der Waals surface area contributed by atoms with Crippen LogP contribution in [-0.4, -0.2) is 18.4 Å². The van der Waals surface area contributed by atoms with Crippen LogP contribution in [-0.2, 0) is 10.2 Å². The highest BCUT2D eigenvalue weighted by atomic mass is 35.5. The maximum absolute atomic E-state index is 13.0. The van der Waals surface area contributed by atoms with Crippen molar-refractivity contribution >= 4 is 57.3 Å². The molecule has 3 rings (SSSR count). The van der Waals surface area contributed by atoms with Gasteiger partial charge in [0, 0.05) is 5.56 Å². The summed E-state index contributed by atoms with van der Waals surface area (Å²) in [5.74, 6) is 0.143. The molecule has 0 radical (unpaired) electrons. The predicted molar refractivity (Wildman–Crippen MR) is 110 cm³/mol. The molecule has 144 valence electrons. The van der Waals surface area contributed by atoms with Gasteiger partial charge in [0.25, 0.3) is 0 Å². The number of hydrogen-bond donors (Lipinski definition) is 2. The number of nitrogens with zero attached hydrogens (tertiary/aromatic N) is 2. The highest BCUT2D eigenvalue weighted by Crippen LogP contribution is 2.33. The van der Waals surface area contributed by atoms with Crippen molar-refractivity contribution in [2.45, 2.75) is 4.90 Å². The molecule has 0 aliphatic carbocycles. The van der Waals surface area contributed by atoms with Crippen LogP contribution in [0.1, 0.15) is 11.3 Å². The van der Waals surface area contributed by atoms with E-state index in [2.05, 4.69) is 9.97 Å². The van der Waals surface area contributed by atoms with Gasteiger partial charge in [0.1, 0.15) is 5.82 Å². The quantitative estimate of drug-likeness (QED) is 0.582. The molecule has 28 heavy (non-hydrogen) atoms. The third-order valence-corrected chi connectivity index (χ3v) is 5.36. The van der Waals surface area contributed by atoms with Crippen molar-refractivity contribution < 1.29 is 12.3 Å². The van der Waals surface area contributed by atoms with E-state index in [4.69, 9.17) is 34.7 Å². The molecule has 10 heteroatoms. The van der Waals surface area contributed by atoms with Gasteiger partial charge in [-0.3, -0.25) is 0 Å². The van der Waals surface area contributed by atoms with Gasteiger partial charge in [-0.2, -0.15) is 13.4 Å². The first-order chi connectivity index (χ1) is 13.1. The molecule has 2 aromatic carbocycles. The van der Waals surface area contributed by atoms with Crippen molar-refractivity contribution in [1.82, 2.24) is 9.97 Å². The van der Waals surface area contributed by atoms with Crippen molar-refractivity contribution in [3.05, 3.63) is 63.8 Å². The number of rotatable bonds is 4. The first-order valence-corrected chi connectivity index (χ1v) is 9.90. The fourth-order valence-corrected chi connectivity index (χ4v) is 3.26. The Kier molecular flexibility index (Phi) is 5.55. The summed E-state index contributed by atoms with van der Waals surface area (Å²) in [4.78, 5) is 7.76. The van der Waals surface area contributed by atoms with Crippen LogP contribution in [0.3, 0.4) is 0 Å². The molecule has 0 aliphatic heterocycles. The summed E-state index contributed by atoms with van der Waals surface area (Å²) >= 11 is 12.0. The van der Waals surface area contributed by atoms with E-state index in [1.165, 1.54) is 12.1 Å². The van der Waals surface area contributed by atoms with Gasteiger partial charge in [0.15, 0.2) is 0 Å². The second kappa shape index (κ2) is 7.75. The molecule has 0 aliphatic rings. The van der Waals surface area contributed by atoms with Gasteiger partial charge < -0.3 is 11.5 Å². The highest BCUT2D eigenvalue weighted by molar-refractivity contribution is 7.86. The van der Waals surface area contributed by atoms with Gasteiger partial charge in [-0.1, -0.05) is 47.5 Å². The Morgan fingerprint density at radius 1 is 0.929 bits per heavy atom. The summed E-state index contributed by atoms with van der Waals surface area (Å²) < 4.78 is 34.8. The monoisotopic (exact) mass is 438 g/mol. The molecule has 0 bridgehead atoms. The molecule has 0 spiro atoms. The van der Waals surface area contributed by atoms with E-state index in [9.17, 15) is 12.3 Å². The van der Waals surface area contributed by atoms with Crippen molar-refractivity contribution in [1.29, 1.82) is 0 Å². The summed E-state index contributed by atoms with van der Waals surface area (Å²) in [6.07, 6.45) is 3.28. The number of halogens is 3. The molecule has 0 atom stereocenters. The van der Waals surface area contributed by atoms with Gasteiger partial charge in [0.05, 0.1) is 20.6 Å². The van der Waals surface area contributed by atoms with Crippen LogP contribution in [0.5, 0.6) is 0 Å². The van der Waals surface area contributed by atoms with Gasteiger partial charge in [-0.25, -0.2) is 4.98 Å². The number of aromatic nitrogens is 2. The Morgan fingerprint density at radius 3 is 2.21 bits per heavy atom. The predicted octanol–water partition coefficient (Wildman–Crippen LogP) is 4.44. The lowest BCUT2D eigenvalue weighted by Gasteiger charge is -2.10. The number of nitrogens with two attached hydrogens (primary N) is 2. The summed E-state index contributed by atoms with van der Waals surface area (Å²) in [6.45, 7) is 0. The molecule has 0 unspecified atom stereocenters. The first-order valence-electron chi connectivity index (χ1n) is 7.76. The summed E-state index contributed by atoms with van der Waals surface area (Å²) in [6, 6.07) is 10.2.